The van der Waals surface area contributed by atoms with Crippen molar-refractivity contribution in [2.75, 3.05) is 0 Å². The number of alkyl halides is 1. The number of carbonyl (C=O) groups is 1. The minimum Gasteiger partial charge on any atom is -0.296 e. The van der Waals surface area contributed by atoms with E-state index in [0.717, 1.165) is 5.56 Å². The van der Waals surface area contributed by atoms with Gasteiger partial charge in [-0.05, 0) is 24.1 Å². The van der Waals surface area contributed by atoms with Gasteiger partial charge in [0.1, 0.15) is 0 Å². The van der Waals surface area contributed by atoms with Gasteiger partial charge in [0.25, 0.3) is 0 Å². The number of rotatable bonds is 7. The maximum absolute atomic E-state index is 12.3. The lowest BCUT2D eigenvalue weighted by molar-refractivity contribution is -0.122. The quantitative estimate of drug-likeness (QED) is 0.616. The van der Waals surface area contributed by atoms with Gasteiger partial charge in [-0.2, -0.15) is 4.72 Å². The lowest BCUT2D eigenvalue weighted by atomic mass is 9.97. The molecule has 4 nitrogen and oxygen atoms in total. The topological polar surface area (TPSA) is 63.2 Å². The van der Waals surface area contributed by atoms with Crippen LogP contribution in [0.2, 0.25) is 0 Å². The fourth-order valence-electron chi connectivity index (χ4n) is 2.18. The molecule has 0 saturated carbocycles. The monoisotopic (exact) mass is 351 g/mol. The minimum absolute atomic E-state index is 0.0779. The highest BCUT2D eigenvalue weighted by Crippen LogP contribution is 2.15. The Bertz CT molecular complexity index is 748. The van der Waals surface area contributed by atoms with Crippen molar-refractivity contribution in [3.8, 4) is 0 Å². The molecular formula is C17H18ClNO3S. The summed E-state index contributed by atoms with van der Waals surface area (Å²) in [7, 11) is -3.81. The zero-order valence-electron chi connectivity index (χ0n) is 12.6. The highest BCUT2D eigenvalue weighted by molar-refractivity contribution is 7.89. The number of nitrogens with one attached hydrogen (secondary N) is 1. The first-order valence-electron chi connectivity index (χ1n) is 7.19. The van der Waals surface area contributed by atoms with E-state index in [1.165, 1.54) is 12.1 Å². The van der Waals surface area contributed by atoms with Gasteiger partial charge in [0.05, 0.1) is 4.90 Å². The van der Waals surface area contributed by atoms with Crippen molar-refractivity contribution >= 4 is 27.4 Å². The van der Waals surface area contributed by atoms with E-state index < -0.39 is 21.4 Å². The van der Waals surface area contributed by atoms with Gasteiger partial charge in [-0.15, -0.1) is 0 Å². The molecule has 2 atom stereocenters. The van der Waals surface area contributed by atoms with Gasteiger partial charge < -0.3 is 0 Å². The normalized spacial score (nSPS) is 14.2. The molecule has 0 radical (unpaired) electrons. The average molecular weight is 352 g/mol. The van der Waals surface area contributed by atoms with E-state index in [4.69, 9.17) is 11.6 Å². The Morgan fingerprint density at radius 3 is 2.13 bits per heavy atom. The average Bonchev–Trinajstić information content (AvgIpc) is 2.55. The van der Waals surface area contributed by atoms with Crippen LogP contribution in [-0.2, 0) is 21.2 Å². The molecule has 0 saturated heterocycles. The van der Waals surface area contributed by atoms with Gasteiger partial charge in [0.2, 0.25) is 10.0 Å². The van der Waals surface area contributed by atoms with Crippen LogP contribution in [-0.4, -0.2) is 19.7 Å². The molecule has 0 spiro atoms. The predicted octanol–water partition coefficient (Wildman–Crippen LogP) is 2.98. The molecule has 2 aromatic carbocycles. The molecule has 2 aromatic rings. The maximum atomic E-state index is 12.3. The Morgan fingerprint density at radius 1 is 1.04 bits per heavy atom. The second-order valence-electron chi connectivity index (χ2n) is 5.29. The fraction of sp³-hybridized carbons (Fsp3) is 0.235. The van der Waals surface area contributed by atoms with Crippen LogP contribution >= 0.6 is 11.6 Å². The number of benzene rings is 2. The molecule has 0 aliphatic carbocycles. The van der Waals surface area contributed by atoms with Gasteiger partial charge in [-0.1, -0.05) is 67.1 Å². The fourth-order valence-corrected chi connectivity index (χ4v) is 3.79. The third kappa shape index (κ3) is 4.89. The molecule has 2 rings (SSSR count). The number of hydrogen-bond donors (Lipinski definition) is 1. The number of ketones is 1. The first kappa shape index (κ1) is 17.7. The smallest absolute Gasteiger partial charge is 0.242 e. The van der Waals surface area contributed by atoms with E-state index in [-0.39, 0.29) is 10.7 Å². The summed E-state index contributed by atoms with van der Waals surface area (Å²) in [5.74, 6) is -0.742. The molecule has 0 aromatic heterocycles. The molecule has 0 bridgehead atoms. The third-order valence-electron chi connectivity index (χ3n) is 3.43. The van der Waals surface area contributed by atoms with Crippen LogP contribution in [0.3, 0.4) is 0 Å². The highest BCUT2D eigenvalue weighted by Gasteiger charge is 2.27. The van der Waals surface area contributed by atoms with Crippen LogP contribution in [0.5, 0.6) is 0 Å². The van der Waals surface area contributed by atoms with Gasteiger partial charge >= 0.3 is 0 Å². The van der Waals surface area contributed by atoms with Crippen LogP contribution in [0.4, 0.5) is 0 Å². The van der Waals surface area contributed by atoms with E-state index in [1.54, 1.807) is 25.1 Å². The highest BCUT2D eigenvalue weighted by atomic mass is 35.5. The largest absolute Gasteiger partial charge is 0.296 e. The Kier molecular flexibility index (Phi) is 5.93. The summed E-state index contributed by atoms with van der Waals surface area (Å²) in [6.07, 6.45) is 0.510. The number of Topliss-reactive ketones (excluding diaryl/α,β-unsaturated/α-hetero) is 1. The summed E-state index contributed by atoms with van der Waals surface area (Å²) in [4.78, 5) is 12.4. The molecule has 23 heavy (non-hydrogen) atoms. The van der Waals surface area contributed by atoms with Crippen molar-refractivity contribution in [3.05, 3.63) is 66.2 Å². The number of carbonyl (C=O) groups excluding carboxylic acids is 1. The first-order valence-corrected chi connectivity index (χ1v) is 9.11. The first-order chi connectivity index (χ1) is 10.9. The van der Waals surface area contributed by atoms with Gasteiger partial charge in [0, 0.05) is 5.92 Å². The molecule has 0 aliphatic rings. The molecule has 2 unspecified atom stereocenters. The van der Waals surface area contributed by atoms with Gasteiger partial charge in [0.15, 0.2) is 11.3 Å². The Balaban J connectivity index is 2.02. The second kappa shape index (κ2) is 7.73. The number of sulfonamides is 1. The van der Waals surface area contributed by atoms with E-state index in [2.05, 4.69) is 4.72 Å². The summed E-state index contributed by atoms with van der Waals surface area (Å²) in [6, 6.07) is 17.3. The summed E-state index contributed by atoms with van der Waals surface area (Å²) in [5, 5.41) is 0. The van der Waals surface area contributed by atoms with Gasteiger partial charge in [-0.3, -0.25) is 4.79 Å². The second-order valence-corrected chi connectivity index (χ2v) is 7.44. The third-order valence-corrected chi connectivity index (χ3v) is 5.32. The number of halogens is 1. The van der Waals surface area contributed by atoms with Crippen LogP contribution in [0.15, 0.2) is 65.6 Å². The lowest BCUT2D eigenvalue weighted by Gasteiger charge is -2.16. The van der Waals surface area contributed by atoms with E-state index >= 15 is 0 Å². The van der Waals surface area contributed by atoms with E-state index in [1.807, 2.05) is 30.3 Å². The van der Waals surface area contributed by atoms with E-state index in [9.17, 15) is 13.2 Å². The van der Waals surface area contributed by atoms with Crippen LogP contribution in [0.1, 0.15) is 12.5 Å². The van der Waals surface area contributed by atoms with Crippen molar-refractivity contribution in [1.82, 2.24) is 4.72 Å². The van der Waals surface area contributed by atoms with Gasteiger partial charge in [-0.25, -0.2) is 8.42 Å². The SMILES string of the molecule is CC(Cc1ccccc1)C(=O)C(Cl)NS(=O)(=O)c1ccccc1. The lowest BCUT2D eigenvalue weighted by Crippen LogP contribution is -2.39. The van der Waals surface area contributed by atoms with Crippen LogP contribution < -0.4 is 4.72 Å². The molecular weight excluding hydrogens is 334 g/mol. The number of hydrogen-bond acceptors (Lipinski definition) is 3. The van der Waals surface area contributed by atoms with Crippen molar-refractivity contribution in [2.45, 2.75) is 23.7 Å². The summed E-state index contributed by atoms with van der Waals surface area (Å²) in [5.41, 5.74) is -0.290. The standard InChI is InChI=1S/C17H18ClNO3S/c1-13(12-14-8-4-2-5-9-14)16(20)17(18)19-23(21,22)15-10-6-3-7-11-15/h2-11,13,17,19H,12H2,1H3. The summed E-state index contributed by atoms with van der Waals surface area (Å²) < 4.78 is 26.6. The molecule has 0 heterocycles. The van der Waals surface area contributed by atoms with Crippen LogP contribution in [0.25, 0.3) is 0 Å². The zero-order valence-corrected chi connectivity index (χ0v) is 14.2. The molecule has 1 N–H and O–H groups in total. The Morgan fingerprint density at radius 2 is 1.57 bits per heavy atom. The minimum atomic E-state index is -3.81. The molecule has 0 fully saturated rings. The predicted molar refractivity (Wildman–Crippen MR) is 90.7 cm³/mol. The molecule has 0 aliphatic heterocycles. The summed E-state index contributed by atoms with van der Waals surface area (Å²) >= 11 is 5.99. The van der Waals surface area contributed by atoms with Crippen molar-refractivity contribution < 1.29 is 13.2 Å². The Labute approximate surface area is 141 Å². The molecule has 122 valence electrons. The summed E-state index contributed by atoms with van der Waals surface area (Å²) in [6.45, 7) is 1.74. The molecule has 6 heteroatoms. The Hall–Kier alpha value is -1.69. The maximum Gasteiger partial charge on any atom is 0.242 e. The van der Waals surface area contributed by atoms with Crippen LogP contribution in [0, 0.1) is 5.92 Å². The van der Waals surface area contributed by atoms with Crippen molar-refractivity contribution in [2.24, 2.45) is 5.92 Å². The van der Waals surface area contributed by atoms with Crippen molar-refractivity contribution in [1.29, 1.82) is 0 Å². The van der Waals surface area contributed by atoms with Crippen molar-refractivity contribution in [3.63, 3.8) is 0 Å². The zero-order chi connectivity index (χ0) is 16.9. The molecule has 0 amide bonds. The van der Waals surface area contributed by atoms with E-state index in [0.29, 0.717) is 6.42 Å².